The maximum atomic E-state index is 5.80. The summed E-state index contributed by atoms with van der Waals surface area (Å²) < 4.78 is 6.84. The van der Waals surface area contributed by atoms with Gasteiger partial charge in [0.1, 0.15) is 11.5 Å². The van der Waals surface area contributed by atoms with Gasteiger partial charge >= 0.3 is 0 Å². The Morgan fingerprint density at radius 3 is 2.50 bits per heavy atom. The minimum Gasteiger partial charge on any atom is -0.457 e. The van der Waals surface area contributed by atoms with Gasteiger partial charge in [0.2, 0.25) is 0 Å². The molecule has 2 aromatic rings. The zero-order valence-electron chi connectivity index (χ0n) is 10.5. The van der Waals surface area contributed by atoms with E-state index in [1.165, 1.54) is 0 Å². The molecule has 0 aliphatic rings. The molecule has 0 aliphatic carbocycles. The van der Waals surface area contributed by atoms with E-state index in [9.17, 15) is 0 Å². The molecule has 18 heavy (non-hydrogen) atoms. The minimum absolute atomic E-state index is 0.0474. The summed E-state index contributed by atoms with van der Waals surface area (Å²) in [6.07, 6.45) is 1.98. The van der Waals surface area contributed by atoms with Gasteiger partial charge in [-0.05, 0) is 44.2 Å². The lowest BCUT2D eigenvalue weighted by Gasteiger charge is -2.03. The van der Waals surface area contributed by atoms with Gasteiger partial charge in [0.15, 0.2) is 0 Å². The van der Waals surface area contributed by atoms with Gasteiger partial charge in [-0.25, -0.2) is 0 Å². The zero-order chi connectivity index (χ0) is 13.1. The molecule has 0 saturated heterocycles. The molecule has 94 valence electrons. The summed E-state index contributed by atoms with van der Waals surface area (Å²) in [5.74, 6) is 1.70. The van der Waals surface area contributed by atoms with Crippen LogP contribution in [0.2, 0.25) is 0 Å². The second-order valence-electron chi connectivity index (χ2n) is 4.39. The van der Waals surface area contributed by atoms with Crippen LogP contribution in [0.15, 0.2) is 50.9 Å². The van der Waals surface area contributed by atoms with Gasteiger partial charge in [-0.2, -0.15) is 0 Å². The average molecular weight is 306 g/mol. The normalized spacial score (nSPS) is 13.7. The molecule has 1 atom stereocenters. The monoisotopic (exact) mass is 305 g/mol. The van der Waals surface area contributed by atoms with Gasteiger partial charge < -0.3 is 10.2 Å². The molecule has 1 aromatic heterocycles. The van der Waals surface area contributed by atoms with E-state index in [4.69, 9.17) is 10.2 Å². The Labute approximate surface area is 116 Å². The first-order chi connectivity index (χ1) is 8.56. The number of halogens is 1. The zero-order valence-corrected chi connectivity index (χ0v) is 12.1. The van der Waals surface area contributed by atoms with Gasteiger partial charge in [0.25, 0.3) is 0 Å². The minimum atomic E-state index is 0.0474. The van der Waals surface area contributed by atoms with E-state index in [0.717, 1.165) is 27.1 Å². The standard InChI is InChI=1S/C15H16BrNO/c1-10(11(2)17)9-14-7-8-15(18-14)12-3-5-13(16)6-4-12/h3-9,11H,17H2,1-2H3/b10-9+. The SMILES string of the molecule is C/C(=C\c1ccc(-c2ccc(Br)cc2)o1)C(C)N. The highest BCUT2D eigenvalue weighted by Gasteiger charge is 2.04. The Bertz CT molecular complexity index is 552. The second-order valence-corrected chi connectivity index (χ2v) is 5.30. The fourth-order valence-electron chi connectivity index (χ4n) is 1.56. The van der Waals surface area contributed by atoms with E-state index in [2.05, 4.69) is 15.9 Å². The first-order valence-electron chi connectivity index (χ1n) is 5.86. The van der Waals surface area contributed by atoms with Crippen LogP contribution >= 0.6 is 15.9 Å². The summed E-state index contributed by atoms with van der Waals surface area (Å²) in [5.41, 5.74) is 7.97. The van der Waals surface area contributed by atoms with Gasteiger partial charge in [0.05, 0.1) is 0 Å². The maximum absolute atomic E-state index is 5.80. The van der Waals surface area contributed by atoms with Crippen LogP contribution < -0.4 is 5.73 Å². The molecule has 0 aliphatic heterocycles. The number of hydrogen-bond donors (Lipinski definition) is 1. The Hall–Kier alpha value is -1.32. The van der Waals surface area contributed by atoms with E-state index < -0.39 is 0 Å². The molecule has 0 spiro atoms. The van der Waals surface area contributed by atoms with Crippen LogP contribution in [0.25, 0.3) is 17.4 Å². The van der Waals surface area contributed by atoms with Crippen LogP contribution in [0.5, 0.6) is 0 Å². The van der Waals surface area contributed by atoms with Crippen LogP contribution in [-0.4, -0.2) is 6.04 Å². The van der Waals surface area contributed by atoms with Crippen molar-refractivity contribution in [2.45, 2.75) is 19.9 Å². The Balaban J connectivity index is 2.25. The van der Waals surface area contributed by atoms with Gasteiger partial charge in [-0.3, -0.25) is 0 Å². The van der Waals surface area contributed by atoms with Crippen LogP contribution in [0.4, 0.5) is 0 Å². The molecule has 1 heterocycles. The molecule has 2 N–H and O–H groups in total. The van der Waals surface area contributed by atoms with Gasteiger partial charge in [-0.1, -0.05) is 33.6 Å². The Morgan fingerprint density at radius 1 is 1.22 bits per heavy atom. The molecule has 1 aromatic carbocycles. The second kappa shape index (κ2) is 5.55. The number of nitrogens with two attached hydrogens (primary N) is 1. The molecule has 0 bridgehead atoms. The number of hydrogen-bond acceptors (Lipinski definition) is 2. The third-order valence-electron chi connectivity index (χ3n) is 2.84. The van der Waals surface area contributed by atoms with Crippen molar-refractivity contribution in [1.82, 2.24) is 0 Å². The topological polar surface area (TPSA) is 39.2 Å². The molecule has 2 nitrogen and oxygen atoms in total. The first kappa shape index (κ1) is 13.1. The van der Waals surface area contributed by atoms with Crippen LogP contribution in [0, 0.1) is 0 Å². The Morgan fingerprint density at radius 2 is 1.89 bits per heavy atom. The van der Waals surface area contributed by atoms with Crippen molar-refractivity contribution < 1.29 is 4.42 Å². The molecule has 0 radical (unpaired) electrons. The summed E-state index contributed by atoms with van der Waals surface area (Å²) >= 11 is 3.42. The number of furan rings is 1. The Kier molecular flexibility index (Phi) is 4.04. The number of benzene rings is 1. The lowest BCUT2D eigenvalue weighted by Crippen LogP contribution is -2.15. The average Bonchev–Trinajstić information content (AvgIpc) is 2.78. The van der Waals surface area contributed by atoms with E-state index in [-0.39, 0.29) is 6.04 Å². The highest BCUT2D eigenvalue weighted by Crippen LogP contribution is 2.25. The van der Waals surface area contributed by atoms with E-state index >= 15 is 0 Å². The lowest BCUT2D eigenvalue weighted by molar-refractivity contribution is 0.570. The summed E-state index contributed by atoms with van der Waals surface area (Å²) in [7, 11) is 0. The van der Waals surface area contributed by atoms with Crippen molar-refractivity contribution in [2.24, 2.45) is 5.73 Å². The largest absolute Gasteiger partial charge is 0.457 e. The third kappa shape index (κ3) is 3.12. The van der Waals surface area contributed by atoms with Crippen molar-refractivity contribution in [3.63, 3.8) is 0 Å². The quantitative estimate of drug-likeness (QED) is 0.909. The molecule has 0 fully saturated rings. The summed E-state index contributed by atoms with van der Waals surface area (Å²) in [6, 6.07) is 12.0. The fourth-order valence-corrected chi connectivity index (χ4v) is 1.82. The summed E-state index contributed by atoms with van der Waals surface area (Å²) in [4.78, 5) is 0. The maximum Gasteiger partial charge on any atom is 0.134 e. The van der Waals surface area contributed by atoms with E-state index in [1.807, 2.05) is 56.3 Å². The van der Waals surface area contributed by atoms with Crippen LogP contribution in [-0.2, 0) is 0 Å². The van der Waals surface area contributed by atoms with E-state index in [0.29, 0.717) is 0 Å². The van der Waals surface area contributed by atoms with Crippen molar-refractivity contribution in [1.29, 1.82) is 0 Å². The van der Waals surface area contributed by atoms with Gasteiger partial charge in [-0.15, -0.1) is 0 Å². The third-order valence-corrected chi connectivity index (χ3v) is 3.37. The fraction of sp³-hybridized carbons (Fsp3) is 0.200. The molecule has 3 heteroatoms. The van der Waals surface area contributed by atoms with Crippen molar-refractivity contribution in [3.05, 3.63) is 52.2 Å². The van der Waals surface area contributed by atoms with Crippen molar-refractivity contribution >= 4 is 22.0 Å². The van der Waals surface area contributed by atoms with Gasteiger partial charge in [0, 0.05) is 16.1 Å². The predicted octanol–water partition coefficient (Wildman–Crippen LogP) is 4.46. The molecule has 1 unspecified atom stereocenters. The van der Waals surface area contributed by atoms with Crippen molar-refractivity contribution in [2.75, 3.05) is 0 Å². The highest BCUT2D eigenvalue weighted by atomic mass is 79.9. The lowest BCUT2D eigenvalue weighted by atomic mass is 10.1. The molecule has 2 rings (SSSR count). The van der Waals surface area contributed by atoms with E-state index in [1.54, 1.807) is 0 Å². The molecular weight excluding hydrogens is 290 g/mol. The molecule has 0 amide bonds. The highest BCUT2D eigenvalue weighted by molar-refractivity contribution is 9.10. The summed E-state index contributed by atoms with van der Waals surface area (Å²) in [5, 5.41) is 0. The van der Waals surface area contributed by atoms with Crippen molar-refractivity contribution in [3.8, 4) is 11.3 Å². The number of rotatable bonds is 3. The summed E-state index contributed by atoms with van der Waals surface area (Å²) in [6.45, 7) is 3.97. The first-order valence-corrected chi connectivity index (χ1v) is 6.65. The predicted molar refractivity (Wildman–Crippen MR) is 79.1 cm³/mol. The molecule has 0 saturated carbocycles. The van der Waals surface area contributed by atoms with Crippen LogP contribution in [0.1, 0.15) is 19.6 Å². The smallest absolute Gasteiger partial charge is 0.134 e. The molecular formula is C15H16BrNO. The van der Waals surface area contributed by atoms with Crippen LogP contribution in [0.3, 0.4) is 0 Å².